The highest BCUT2D eigenvalue weighted by Gasteiger charge is 2.09. The van der Waals surface area contributed by atoms with E-state index in [1.54, 1.807) is 0 Å². The number of rotatable bonds is 34. The average molecular weight is 593 g/mol. The third kappa shape index (κ3) is 34.9. The number of carbonyl (C=O) groups excluding carboxylic acids is 1. The van der Waals surface area contributed by atoms with Crippen molar-refractivity contribution in [1.82, 2.24) is 0 Å². The van der Waals surface area contributed by atoms with Crippen LogP contribution in [-0.4, -0.2) is 23.1 Å². The molecule has 0 fully saturated rings. The predicted molar refractivity (Wildman–Crippen MR) is 181 cm³/mol. The fraction of sp³-hybridized carbons (Fsp3) is 0.895. The second-order valence-corrected chi connectivity index (χ2v) is 12.9. The van der Waals surface area contributed by atoms with Crippen molar-refractivity contribution in [3.05, 3.63) is 12.2 Å². The van der Waals surface area contributed by atoms with Crippen LogP contribution in [-0.2, 0) is 14.3 Å². The lowest BCUT2D eigenvalue weighted by molar-refractivity contribution is -0.148. The lowest BCUT2D eigenvalue weighted by Gasteiger charge is -2.13. The van der Waals surface area contributed by atoms with Gasteiger partial charge in [0.2, 0.25) is 0 Å². The summed E-state index contributed by atoms with van der Waals surface area (Å²) >= 11 is 0. The van der Waals surface area contributed by atoms with Crippen molar-refractivity contribution in [2.75, 3.05) is 0 Å². The normalized spacial score (nSPS) is 12.2. The molecule has 0 radical (unpaired) electrons. The second kappa shape index (κ2) is 34.2. The van der Waals surface area contributed by atoms with E-state index in [4.69, 9.17) is 9.84 Å². The molecule has 42 heavy (non-hydrogen) atoms. The van der Waals surface area contributed by atoms with E-state index >= 15 is 0 Å². The van der Waals surface area contributed by atoms with Crippen molar-refractivity contribution in [1.29, 1.82) is 0 Å². The van der Waals surface area contributed by atoms with Crippen LogP contribution in [0.3, 0.4) is 0 Å². The van der Waals surface area contributed by atoms with Crippen LogP contribution >= 0.6 is 0 Å². The van der Waals surface area contributed by atoms with Gasteiger partial charge in [-0.1, -0.05) is 154 Å². The summed E-state index contributed by atoms with van der Waals surface area (Å²) in [7, 11) is 0. The number of aliphatic carboxylic acids is 1. The first-order chi connectivity index (χ1) is 20.6. The Morgan fingerprint density at radius 3 is 1.31 bits per heavy atom. The Kier molecular flexibility index (Phi) is 33.1. The molecule has 0 heterocycles. The molecule has 4 heteroatoms. The van der Waals surface area contributed by atoms with Gasteiger partial charge in [0, 0.05) is 12.8 Å². The van der Waals surface area contributed by atoms with E-state index in [-0.39, 0.29) is 12.1 Å². The number of allylic oxidation sites excluding steroid dienone is 2. The summed E-state index contributed by atoms with van der Waals surface area (Å²) in [6.07, 6.45) is 42.1. The summed E-state index contributed by atoms with van der Waals surface area (Å²) in [4.78, 5) is 22.6. The Hall–Kier alpha value is -1.32. The van der Waals surface area contributed by atoms with Gasteiger partial charge >= 0.3 is 11.9 Å². The molecule has 0 rings (SSSR count). The summed E-state index contributed by atoms with van der Waals surface area (Å²) in [5.74, 6) is -0.664. The largest absolute Gasteiger partial charge is 0.481 e. The van der Waals surface area contributed by atoms with Gasteiger partial charge in [0.1, 0.15) is 0 Å². The lowest BCUT2D eigenvalue weighted by atomic mass is 10.0. The van der Waals surface area contributed by atoms with E-state index in [0.717, 1.165) is 32.1 Å². The highest BCUT2D eigenvalue weighted by atomic mass is 16.5. The van der Waals surface area contributed by atoms with Crippen LogP contribution < -0.4 is 0 Å². The molecule has 0 aliphatic rings. The van der Waals surface area contributed by atoms with E-state index < -0.39 is 5.97 Å². The van der Waals surface area contributed by atoms with Crippen molar-refractivity contribution in [2.24, 2.45) is 0 Å². The van der Waals surface area contributed by atoms with Crippen molar-refractivity contribution in [2.45, 2.75) is 219 Å². The molecule has 1 N–H and O–H groups in total. The summed E-state index contributed by atoms with van der Waals surface area (Å²) in [6.45, 7) is 4.32. The monoisotopic (exact) mass is 593 g/mol. The number of ether oxygens (including phenoxy) is 1. The van der Waals surface area contributed by atoms with Crippen LogP contribution in [0.2, 0.25) is 0 Å². The molecular formula is C38H72O4. The third-order valence-corrected chi connectivity index (χ3v) is 8.48. The summed E-state index contributed by atoms with van der Waals surface area (Å²) < 4.78 is 5.63. The molecule has 0 bridgehead atoms. The van der Waals surface area contributed by atoms with Gasteiger partial charge in [-0.2, -0.15) is 0 Å². The molecule has 0 aliphatic heterocycles. The maximum Gasteiger partial charge on any atom is 0.306 e. The lowest BCUT2D eigenvalue weighted by Crippen LogP contribution is -2.14. The molecule has 0 saturated heterocycles. The minimum absolute atomic E-state index is 0.00142. The number of carboxylic acid groups (broad SMARTS) is 1. The van der Waals surface area contributed by atoms with Gasteiger partial charge in [-0.3, -0.25) is 9.59 Å². The molecule has 4 nitrogen and oxygen atoms in total. The Balaban J connectivity index is 3.29. The summed E-state index contributed by atoms with van der Waals surface area (Å²) in [6, 6.07) is 0. The van der Waals surface area contributed by atoms with Crippen molar-refractivity contribution in [3.8, 4) is 0 Å². The maximum atomic E-state index is 12.1. The third-order valence-electron chi connectivity index (χ3n) is 8.48. The molecule has 0 aromatic heterocycles. The van der Waals surface area contributed by atoms with Crippen molar-refractivity contribution >= 4 is 11.9 Å². The van der Waals surface area contributed by atoms with Crippen LogP contribution in [0.15, 0.2) is 12.2 Å². The molecule has 0 amide bonds. The highest BCUT2D eigenvalue weighted by molar-refractivity contribution is 5.69. The minimum atomic E-state index is -0.662. The van der Waals surface area contributed by atoms with Gasteiger partial charge in [-0.25, -0.2) is 0 Å². The standard InChI is InChI=1S/C38H72O4/c1-3-4-5-6-7-8-9-15-20-23-26-29-32-35-38(41)42-36(2)33-30-27-24-21-18-16-13-11-10-12-14-17-19-22-25-28-31-34-37(39)40/h8-9,36H,3-7,10-35H2,1-2H3,(H,39,40)/b9-8-. The number of hydrogen-bond donors (Lipinski definition) is 1. The van der Waals surface area contributed by atoms with Gasteiger partial charge in [-0.05, 0) is 58.3 Å². The van der Waals surface area contributed by atoms with Gasteiger partial charge in [0.15, 0.2) is 0 Å². The number of carbonyl (C=O) groups is 2. The molecular weight excluding hydrogens is 520 g/mol. The van der Waals surface area contributed by atoms with E-state index in [0.29, 0.717) is 12.8 Å². The van der Waals surface area contributed by atoms with Crippen LogP contribution in [0.25, 0.3) is 0 Å². The Morgan fingerprint density at radius 1 is 0.524 bits per heavy atom. The number of carboxylic acids is 1. The average Bonchev–Trinajstić information content (AvgIpc) is 2.96. The van der Waals surface area contributed by atoms with Crippen LogP contribution in [0.4, 0.5) is 0 Å². The molecule has 248 valence electrons. The quantitative estimate of drug-likeness (QED) is 0.0458. The Bertz CT molecular complexity index is 600. The van der Waals surface area contributed by atoms with Crippen molar-refractivity contribution in [3.63, 3.8) is 0 Å². The van der Waals surface area contributed by atoms with E-state index in [1.807, 2.05) is 0 Å². The summed E-state index contributed by atoms with van der Waals surface area (Å²) in [5, 5.41) is 8.64. The topological polar surface area (TPSA) is 63.6 Å². The first-order valence-corrected chi connectivity index (χ1v) is 18.6. The smallest absolute Gasteiger partial charge is 0.306 e. The van der Waals surface area contributed by atoms with Crippen molar-refractivity contribution < 1.29 is 19.4 Å². The van der Waals surface area contributed by atoms with Gasteiger partial charge in [-0.15, -0.1) is 0 Å². The summed E-state index contributed by atoms with van der Waals surface area (Å²) in [5.41, 5.74) is 0. The molecule has 0 aliphatic carbocycles. The molecule has 1 atom stereocenters. The molecule has 0 spiro atoms. The van der Waals surface area contributed by atoms with E-state index in [9.17, 15) is 9.59 Å². The highest BCUT2D eigenvalue weighted by Crippen LogP contribution is 2.16. The zero-order chi connectivity index (χ0) is 30.8. The predicted octanol–water partition coefficient (Wildman–Crippen LogP) is 12.7. The van der Waals surface area contributed by atoms with Gasteiger partial charge < -0.3 is 9.84 Å². The van der Waals surface area contributed by atoms with Crippen LogP contribution in [0.5, 0.6) is 0 Å². The van der Waals surface area contributed by atoms with E-state index in [1.165, 1.54) is 154 Å². The second-order valence-electron chi connectivity index (χ2n) is 12.9. The van der Waals surface area contributed by atoms with Gasteiger partial charge in [0.25, 0.3) is 0 Å². The Labute approximate surface area is 262 Å². The molecule has 0 aromatic rings. The zero-order valence-corrected chi connectivity index (χ0v) is 28.3. The minimum Gasteiger partial charge on any atom is -0.481 e. The number of esters is 1. The van der Waals surface area contributed by atoms with Crippen LogP contribution in [0.1, 0.15) is 213 Å². The first-order valence-electron chi connectivity index (χ1n) is 18.6. The fourth-order valence-electron chi connectivity index (χ4n) is 5.69. The Morgan fingerprint density at radius 2 is 0.881 bits per heavy atom. The SMILES string of the molecule is CCCCCC/C=C\CCCCCCCC(=O)OC(C)CCCCCCCCCCCCCCCCCCCC(=O)O. The van der Waals surface area contributed by atoms with E-state index in [2.05, 4.69) is 26.0 Å². The number of unbranched alkanes of at least 4 members (excludes halogenated alkanes) is 25. The first kappa shape index (κ1) is 40.7. The zero-order valence-electron chi connectivity index (χ0n) is 28.3. The molecule has 1 unspecified atom stereocenters. The fourth-order valence-corrected chi connectivity index (χ4v) is 5.69. The van der Waals surface area contributed by atoms with Crippen LogP contribution in [0, 0.1) is 0 Å². The maximum absolute atomic E-state index is 12.1. The number of hydrogen-bond acceptors (Lipinski definition) is 3. The molecule has 0 saturated carbocycles. The van der Waals surface area contributed by atoms with Gasteiger partial charge in [0.05, 0.1) is 6.10 Å². The molecule has 0 aromatic carbocycles.